The largest absolute Gasteiger partial charge is 0.493 e. The molecule has 8 aliphatic heterocycles. The van der Waals surface area contributed by atoms with Gasteiger partial charge in [-0.25, -0.2) is 0 Å². The Bertz CT molecular complexity index is 5590. The van der Waals surface area contributed by atoms with Gasteiger partial charge in [-0.2, -0.15) is 0 Å². The minimum atomic E-state index is -3.75. The van der Waals surface area contributed by atoms with Gasteiger partial charge in [-0.1, -0.05) is 110 Å². The van der Waals surface area contributed by atoms with Crippen molar-refractivity contribution in [1.82, 2.24) is 19.6 Å². The number of carbonyl (C=O) groups excluding carboxylic acids is 4. The second kappa shape index (κ2) is 43.9. The summed E-state index contributed by atoms with van der Waals surface area (Å²) in [6, 6.07) is -1.80. The van der Waals surface area contributed by atoms with E-state index in [1.807, 2.05) is 79.7 Å². The number of hydrogen-bond acceptors (Lipinski definition) is 24. The first-order valence-corrected chi connectivity index (χ1v) is 40.7. The highest BCUT2D eigenvalue weighted by Crippen LogP contribution is 2.50. The third-order valence-electron chi connectivity index (χ3n) is 23.5. The van der Waals surface area contributed by atoms with Crippen molar-refractivity contribution < 1.29 is 132 Å². The lowest BCUT2D eigenvalue weighted by molar-refractivity contribution is -0.161. The summed E-state index contributed by atoms with van der Waals surface area (Å²) in [5.41, 5.74) is 29.8. The maximum Gasteiger partial charge on any atom is 0.323 e. The number of methoxy groups -OCH3 is 8. The van der Waals surface area contributed by atoms with Crippen molar-refractivity contribution in [2.24, 2.45) is 93.9 Å². The zero-order valence-electron chi connectivity index (χ0n) is 112. The van der Waals surface area contributed by atoms with E-state index in [9.17, 15) is 23.3 Å². The predicted octanol–water partition coefficient (Wildman–Crippen LogP) is 14.3. The van der Waals surface area contributed by atoms with Crippen LogP contribution in [0, 0.1) is 70.9 Å². The fourth-order valence-electron chi connectivity index (χ4n) is 17.9. The summed E-state index contributed by atoms with van der Waals surface area (Å²) in [6.45, 7) is -9.41. The average molecular weight is 1720 g/mol. The van der Waals surface area contributed by atoms with Crippen LogP contribution in [0.25, 0.3) is 0 Å². The van der Waals surface area contributed by atoms with Crippen LogP contribution in [0.3, 0.4) is 0 Å². The summed E-state index contributed by atoms with van der Waals surface area (Å²) in [7, 11) is 3.43. The van der Waals surface area contributed by atoms with Crippen LogP contribution in [0.4, 0.5) is 0 Å². The van der Waals surface area contributed by atoms with Crippen LogP contribution in [0.2, 0.25) is 0 Å². The number of hydrogen-bond donors (Lipinski definition) is 4. The van der Waals surface area contributed by atoms with Crippen molar-refractivity contribution >= 4 is 23.9 Å². The molecule has 4 aromatic carbocycles. The molecule has 4 fully saturated rings. The molecule has 0 bridgehead atoms. The van der Waals surface area contributed by atoms with E-state index >= 15 is 0 Å². The number of fused-ring (bicyclic) bond motifs is 12. The van der Waals surface area contributed by atoms with Gasteiger partial charge in [-0.15, -0.1) is 0 Å². The number of carbonyl (C=O) groups is 4. The smallest absolute Gasteiger partial charge is 0.323 e. The first-order chi connectivity index (χ1) is 72.9. The van der Waals surface area contributed by atoms with Crippen molar-refractivity contribution in [3.05, 3.63) is 93.0 Å². The molecule has 0 saturated carbocycles. The summed E-state index contributed by atoms with van der Waals surface area (Å²) in [5, 5.41) is 0. The molecular weight excluding hydrogens is 1520 g/mol. The number of rotatable bonds is 28. The van der Waals surface area contributed by atoms with Gasteiger partial charge >= 0.3 is 23.9 Å². The highest BCUT2D eigenvalue weighted by Gasteiger charge is 2.47. The molecule has 0 spiro atoms. The summed E-state index contributed by atoms with van der Waals surface area (Å²) >= 11 is 0. The minimum Gasteiger partial charge on any atom is -0.493 e. The first kappa shape index (κ1) is 53.9. The maximum atomic E-state index is 13.4. The molecule has 24 heteroatoms. The maximum absolute atomic E-state index is 13.4. The highest BCUT2D eigenvalue weighted by atomic mass is 16.6. The van der Waals surface area contributed by atoms with Crippen LogP contribution >= 0.6 is 0 Å². The van der Waals surface area contributed by atoms with E-state index in [4.69, 9.17) is 132 Å². The van der Waals surface area contributed by atoms with Gasteiger partial charge in [0, 0.05) is 164 Å². The SMILES string of the molecule is [2H]C([2H])([2H])Oc1cc2c(cc1OC)C1CC(OC(=O)[C@@]([2H])(N)C([2H])(C([2H])([2H])[2H])C([2H])([2H])[2H])C(CC(C)C)CN1CC2.[2H]C([2H])([2H])Oc1cc2c(cc1OC)C1CC([2H])(OC(=O)[C@@]([2H])(N)C([2H])(C([2H])([2H])[2H])C([2H])([2H])[2H])C(CC(C)C)CN1CC2.[2H]C1(OC(=O)[C@@]([2H])(N)C([2H])(C([2H])([2H])[2H])C([2H])([2H])[2H])CC2c3cc(OC)c(OC)cc3CCN2CC1CC(C)C.[2H]C1(OC(=O)[C@@]([2H])(N)C([2H])(C([2H])([2H])[2H])C([2H])([2H])[2H])CC2c3cc(OC)c(OC)cc3CCN2CC1CC(C)C. The third-order valence-corrected chi connectivity index (χ3v) is 23.5. The number of nitrogens with two attached hydrogens (primary N) is 4. The van der Waals surface area contributed by atoms with Gasteiger partial charge in [0.1, 0.15) is 48.4 Å². The Labute approximate surface area is 776 Å². The van der Waals surface area contributed by atoms with Crippen molar-refractivity contribution in [1.29, 1.82) is 0 Å². The Hall–Kier alpha value is -7.16. The first-order valence-electron chi connectivity index (χ1n) is 61.2. The van der Waals surface area contributed by atoms with Crippen LogP contribution in [-0.4, -0.2) is 201 Å². The molecule has 12 unspecified atom stereocenters. The second-order valence-electron chi connectivity index (χ2n) is 33.3. The van der Waals surface area contributed by atoms with E-state index < -0.39 is 189 Å². The molecule has 0 aliphatic carbocycles. The summed E-state index contributed by atoms with van der Waals surface area (Å²) in [6.07, 6.45) is -2.38. The summed E-state index contributed by atoms with van der Waals surface area (Å²) in [5.74, 6) is -20.6. The Kier molecular flexibility index (Phi) is 19.7. The lowest BCUT2D eigenvalue weighted by atomic mass is 9.79. The third kappa shape index (κ3) is 23.8. The van der Waals surface area contributed by atoms with Crippen LogP contribution in [0.1, 0.15) is 286 Å². The van der Waals surface area contributed by atoms with Crippen LogP contribution in [-0.2, 0) is 63.8 Å². The average Bonchev–Trinajstić information content (AvgIpc) is 0.709. The number of esters is 4. The van der Waals surface area contributed by atoms with E-state index in [0.717, 1.165) is 51.8 Å². The van der Waals surface area contributed by atoms with Crippen molar-refractivity contribution in [2.75, 3.05) is 109 Å². The minimum absolute atomic E-state index is 0.0185. The molecular formula is C96H152N8O16. The van der Waals surface area contributed by atoms with E-state index in [1.54, 1.807) is 24.3 Å². The fraction of sp³-hybridized carbons (Fsp3) is 0.708. The fourth-order valence-corrected chi connectivity index (χ4v) is 17.9. The summed E-state index contributed by atoms with van der Waals surface area (Å²) < 4.78 is 389. The standard InChI is InChI=1S/4C24H38N2O4/c4*1-14(2)9-17-13-26-8-7-16-10-21(28-5)22(29-6)11-18(16)19(26)12-20(17)30-24(27)23(25)15(3)4/h4*10-11,14-15,17,19-20,23H,7-9,12-13,25H2,1-6H3/t4*17?,19?,20?,23-/m0000/s1/i3D3,4D3,5D3,15D,20D,23D;2*3D3,4D3,15D,20D,23D;3D3,4D3,5D3,15D,23D. The van der Waals surface area contributed by atoms with Gasteiger partial charge in [0.15, 0.2) is 46.0 Å². The Morgan fingerprint density at radius 3 is 0.817 bits per heavy atom. The molecule has 8 aliphatic rings. The lowest BCUT2D eigenvalue weighted by Crippen LogP contribution is -2.51. The van der Waals surface area contributed by atoms with Gasteiger partial charge < -0.3 is 79.8 Å². The van der Waals surface area contributed by atoms with Gasteiger partial charge in [0.05, 0.1) is 74.6 Å². The Balaban J connectivity index is 0.000000237. The quantitative estimate of drug-likeness (QED) is 0.0303. The second-order valence-corrected chi connectivity index (χ2v) is 33.3. The molecule has 120 heavy (non-hydrogen) atoms. The van der Waals surface area contributed by atoms with Gasteiger partial charge in [-0.05, 0) is 192 Å². The van der Waals surface area contributed by atoms with E-state index in [-0.39, 0.29) is 103 Å². The van der Waals surface area contributed by atoms with Gasteiger partial charge in [-0.3, -0.25) is 38.8 Å². The van der Waals surface area contributed by atoms with E-state index in [1.165, 1.54) is 42.7 Å². The van der Waals surface area contributed by atoms with E-state index in [2.05, 4.69) is 19.6 Å². The lowest BCUT2D eigenvalue weighted by Gasteiger charge is -2.47. The monoisotopic (exact) mass is 1710 g/mol. The zero-order valence-corrected chi connectivity index (χ0v) is 71.4. The van der Waals surface area contributed by atoms with Gasteiger partial charge in [0.25, 0.3) is 0 Å². The number of ether oxygens (including phenoxy) is 12. The molecule has 8 heterocycles. The van der Waals surface area contributed by atoms with Crippen molar-refractivity contribution in [3.63, 3.8) is 0 Å². The van der Waals surface area contributed by atoms with Gasteiger partial charge in [0.2, 0.25) is 0 Å². The molecule has 8 N–H and O–H groups in total. The Morgan fingerprint density at radius 2 is 0.575 bits per heavy atom. The highest BCUT2D eigenvalue weighted by molar-refractivity contribution is 5.77. The van der Waals surface area contributed by atoms with Crippen molar-refractivity contribution in [3.8, 4) is 46.0 Å². The topological polar surface area (TPSA) is 296 Å². The molecule has 4 aromatic rings. The van der Waals surface area contributed by atoms with Crippen LogP contribution < -0.4 is 60.8 Å². The molecule has 4 saturated heterocycles. The number of benzene rings is 4. The molecule has 12 rings (SSSR count). The van der Waals surface area contributed by atoms with Crippen LogP contribution in [0.5, 0.6) is 46.0 Å². The molecule has 16 atom stereocenters. The molecule has 0 amide bonds. The predicted molar refractivity (Wildman–Crippen MR) is 471 cm³/mol. The summed E-state index contributed by atoms with van der Waals surface area (Å²) in [4.78, 5) is 62.2. The normalized spacial score (nSPS) is 34.2. The van der Waals surface area contributed by atoms with Crippen LogP contribution in [0.15, 0.2) is 48.5 Å². The molecule has 672 valence electrons. The molecule has 0 aromatic heterocycles. The molecule has 0 radical (unpaired) electrons. The molecule has 24 nitrogen and oxygen atoms in total. The van der Waals surface area contributed by atoms with E-state index in [0.29, 0.717) is 113 Å². The van der Waals surface area contributed by atoms with Crippen molar-refractivity contribution in [2.45, 2.75) is 260 Å². The zero-order chi connectivity index (χ0) is 123. The Morgan fingerprint density at radius 1 is 0.350 bits per heavy atom. The number of nitrogens with zero attached hydrogens (tertiary/aromatic N) is 4. The number of piperidine rings is 4.